The number of aliphatic hydroxyl groups excluding tert-OH is 1. The molecular formula is C24H22Cl3NO4. The highest BCUT2D eigenvalue weighted by Gasteiger charge is 2.49. The zero-order valence-electron chi connectivity index (χ0n) is 17.4. The van der Waals surface area contributed by atoms with E-state index in [1.54, 1.807) is 29.2 Å². The molecule has 8 heteroatoms. The van der Waals surface area contributed by atoms with Gasteiger partial charge in [0.25, 0.3) is 11.7 Å². The molecular weight excluding hydrogens is 473 g/mol. The van der Waals surface area contributed by atoms with E-state index >= 15 is 0 Å². The second kappa shape index (κ2) is 9.34. The summed E-state index contributed by atoms with van der Waals surface area (Å²) >= 11 is 18.5. The first-order valence-electron chi connectivity index (χ1n) is 10.4. The largest absolute Gasteiger partial charge is 0.507 e. The molecule has 1 unspecified atom stereocenters. The van der Waals surface area contributed by atoms with Gasteiger partial charge in [0.1, 0.15) is 11.5 Å². The van der Waals surface area contributed by atoms with E-state index < -0.39 is 17.7 Å². The number of hydrogen-bond donors (Lipinski definition) is 1. The molecule has 2 aromatic rings. The number of halogens is 3. The van der Waals surface area contributed by atoms with Crippen molar-refractivity contribution in [3.05, 3.63) is 68.2 Å². The van der Waals surface area contributed by atoms with Crippen LogP contribution in [-0.4, -0.2) is 34.8 Å². The number of carbonyl (C=O) groups is 2. The van der Waals surface area contributed by atoms with Gasteiger partial charge in [-0.05, 0) is 42.7 Å². The molecule has 0 radical (unpaired) electrons. The molecule has 1 amide bonds. The van der Waals surface area contributed by atoms with Crippen LogP contribution >= 0.6 is 34.8 Å². The first-order valence-corrected chi connectivity index (χ1v) is 11.6. The number of ether oxygens (including phenoxy) is 1. The molecule has 1 aliphatic carbocycles. The lowest BCUT2D eigenvalue weighted by Crippen LogP contribution is -2.40. The van der Waals surface area contributed by atoms with Crippen molar-refractivity contribution in [3.8, 4) is 5.75 Å². The summed E-state index contributed by atoms with van der Waals surface area (Å²) in [6.07, 6.45) is 4.69. The summed E-state index contributed by atoms with van der Waals surface area (Å²) in [6.45, 7) is 0. The van der Waals surface area contributed by atoms with E-state index in [1.807, 2.05) is 0 Å². The fourth-order valence-electron chi connectivity index (χ4n) is 4.65. The fourth-order valence-corrected chi connectivity index (χ4v) is 5.34. The number of hydrogen-bond acceptors (Lipinski definition) is 4. The van der Waals surface area contributed by atoms with E-state index in [9.17, 15) is 14.7 Å². The van der Waals surface area contributed by atoms with Gasteiger partial charge in [-0.2, -0.15) is 0 Å². The predicted molar refractivity (Wildman–Crippen MR) is 125 cm³/mol. The minimum Gasteiger partial charge on any atom is -0.507 e. The summed E-state index contributed by atoms with van der Waals surface area (Å²) in [5.41, 5.74) is 0.831. The van der Waals surface area contributed by atoms with Crippen LogP contribution < -0.4 is 4.74 Å². The van der Waals surface area contributed by atoms with Crippen LogP contribution in [0.1, 0.15) is 49.3 Å². The van der Waals surface area contributed by atoms with Gasteiger partial charge in [0.05, 0.1) is 29.3 Å². The number of carbonyl (C=O) groups excluding carboxylic acids is 2. The van der Waals surface area contributed by atoms with Crippen molar-refractivity contribution in [1.29, 1.82) is 0 Å². The van der Waals surface area contributed by atoms with Crippen molar-refractivity contribution in [2.24, 2.45) is 0 Å². The summed E-state index contributed by atoms with van der Waals surface area (Å²) < 4.78 is 5.36. The number of benzene rings is 2. The van der Waals surface area contributed by atoms with E-state index in [2.05, 4.69) is 0 Å². The van der Waals surface area contributed by atoms with Crippen LogP contribution in [0.4, 0.5) is 0 Å². The van der Waals surface area contributed by atoms with Crippen molar-refractivity contribution >= 4 is 52.3 Å². The summed E-state index contributed by atoms with van der Waals surface area (Å²) in [5, 5.41) is 12.3. The number of nitrogens with zero attached hydrogens (tertiary/aromatic N) is 1. The number of amides is 1. The van der Waals surface area contributed by atoms with Crippen molar-refractivity contribution in [1.82, 2.24) is 4.90 Å². The molecule has 0 aromatic heterocycles. The maximum Gasteiger partial charge on any atom is 0.295 e. The molecule has 2 aromatic carbocycles. The number of aliphatic hydroxyl groups is 1. The van der Waals surface area contributed by atoms with E-state index in [0.29, 0.717) is 10.6 Å². The van der Waals surface area contributed by atoms with Crippen LogP contribution in [0, 0.1) is 0 Å². The number of rotatable bonds is 4. The van der Waals surface area contributed by atoms with Crippen LogP contribution in [-0.2, 0) is 9.59 Å². The molecule has 0 spiro atoms. The van der Waals surface area contributed by atoms with E-state index in [4.69, 9.17) is 39.5 Å². The lowest BCUT2D eigenvalue weighted by molar-refractivity contribution is -0.141. The molecule has 2 fully saturated rings. The lowest BCUT2D eigenvalue weighted by Gasteiger charge is -2.35. The fraction of sp³-hybridized carbons (Fsp3) is 0.333. The minimum absolute atomic E-state index is 0.0143. The van der Waals surface area contributed by atoms with E-state index in [1.165, 1.54) is 19.2 Å². The predicted octanol–water partition coefficient (Wildman–Crippen LogP) is 6.41. The van der Waals surface area contributed by atoms with Crippen molar-refractivity contribution in [3.63, 3.8) is 0 Å². The molecule has 0 bridgehead atoms. The average Bonchev–Trinajstić information content (AvgIpc) is 3.04. The smallest absolute Gasteiger partial charge is 0.295 e. The van der Waals surface area contributed by atoms with Crippen molar-refractivity contribution in [2.75, 3.05) is 7.11 Å². The SMILES string of the molecule is COc1c(Cl)cc(Cl)cc1/C(O)=C1\C(=O)C(=O)N(C2CCCCC2)C1c1ccc(Cl)cc1. The van der Waals surface area contributed by atoms with Crippen LogP contribution in [0.2, 0.25) is 15.1 Å². The molecule has 2 aliphatic rings. The summed E-state index contributed by atoms with van der Waals surface area (Å²) in [7, 11) is 1.41. The molecule has 1 aliphatic heterocycles. The van der Waals surface area contributed by atoms with E-state index in [0.717, 1.165) is 32.1 Å². The Kier molecular flexibility index (Phi) is 6.70. The Morgan fingerprint density at radius 2 is 1.66 bits per heavy atom. The monoisotopic (exact) mass is 493 g/mol. The second-order valence-corrected chi connectivity index (χ2v) is 9.30. The Labute approximate surface area is 201 Å². The normalized spacial score (nSPS) is 21.2. The molecule has 168 valence electrons. The maximum absolute atomic E-state index is 13.3. The molecule has 4 rings (SSSR count). The quantitative estimate of drug-likeness (QED) is 0.303. The van der Waals surface area contributed by atoms with Crippen LogP contribution in [0.25, 0.3) is 5.76 Å². The van der Waals surface area contributed by atoms with Gasteiger partial charge in [-0.25, -0.2) is 0 Å². The number of likely N-dealkylation sites (tertiary alicyclic amines) is 1. The topological polar surface area (TPSA) is 66.8 Å². The summed E-state index contributed by atoms with van der Waals surface area (Å²) in [6, 6.07) is 9.05. The highest BCUT2D eigenvalue weighted by Crippen LogP contribution is 2.45. The molecule has 1 N–H and O–H groups in total. The Morgan fingerprint density at radius 1 is 1.00 bits per heavy atom. The van der Waals surface area contributed by atoms with Crippen LogP contribution in [0.5, 0.6) is 5.75 Å². The van der Waals surface area contributed by atoms with Gasteiger partial charge in [-0.15, -0.1) is 0 Å². The zero-order valence-corrected chi connectivity index (χ0v) is 19.7. The van der Waals surface area contributed by atoms with Gasteiger partial charge in [-0.3, -0.25) is 9.59 Å². The molecule has 5 nitrogen and oxygen atoms in total. The van der Waals surface area contributed by atoms with Crippen molar-refractivity contribution in [2.45, 2.75) is 44.2 Å². The third-order valence-electron chi connectivity index (χ3n) is 6.10. The standard InChI is InChI=1S/C24H22Cl3NO4/c1-32-23-17(11-15(26)12-18(23)27)21(29)19-20(13-7-9-14(25)10-8-13)28(24(31)22(19)30)16-5-3-2-4-6-16/h7-12,16,20,29H,2-6H2,1H3/b21-19+. The highest BCUT2D eigenvalue weighted by atomic mass is 35.5. The Morgan fingerprint density at radius 3 is 2.28 bits per heavy atom. The van der Waals surface area contributed by atoms with Gasteiger partial charge >= 0.3 is 0 Å². The number of ketones is 1. The van der Waals surface area contributed by atoms with Gasteiger partial charge in [0.15, 0.2) is 0 Å². The Bertz CT molecular complexity index is 1090. The van der Waals surface area contributed by atoms with Crippen LogP contribution in [0.3, 0.4) is 0 Å². The Balaban J connectivity index is 1.93. The molecule has 1 saturated carbocycles. The molecule has 1 heterocycles. The summed E-state index contributed by atoms with van der Waals surface area (Å²) in [5.74, 6) is -1.56. The molecule has 1 saturated heterocycles. The van der Waals surface area contributed by atoms with E-state index in [-0.39, 0.29) is 38.7 Å². The first-order chi connectivity index (χ1) is 15.3. The molecule has 32 heavy (non-hydrogen) atoms. The Hall–Kier alpha value is -2.21. The average molecular weight is 495 g/mol. The second-order valence-electron chi connectivity index (χ2n) is 8.02. The molecule has 1 atom stereocenters. The number of methoxy groups -OCH3 is 1. The lowest BCUT2D eigenvalue weighted by atomic mass is 9.91. The third-order valence-corrected chi connectivity index (χ3v) is 6.85. The van der Waals surface area contributed by atoms with Gasteiger partial charge in [0.2, 0.25) is 0 Å². The van der Waals surface area contributed by atoms with Crippen LogP contribution in [0.15, 0.2) is 42.0 Å². The van der Waals surface area contributed by atoms with Gasteiger partial charge in [0, 0.05) is 16.1 Å². The zero-order chi connectivity index (χ0) is 23.0. The number of Topliss-reactive ketones (excluding diaryl/α,β-unsaturated/α-hetero) is 1. The maximum atomic E-state index is 13.3. The van der Waals surface area contributed by atoms with Gasteiger partial charge < -0.3 is 14.7 Å². The first kappa shape index (κ1) is 23.0. The summed E-state index contributed by atoms with van der Waals surface area (Å²) in [4.78, 5) is 28.1. The van der Waals surface area contributed by atoms with Gasteiger partial charge in [-0.1, -0.05) is 66.2 Å². The highest BCUT2D eigenvalue weighted by molar-refractivity contribution is 6.47. The van der Waals surface area contributed by atoms with Crippen molar-refractivity contribution < 1.29 is 19.4 Å². The minimum atomic E-state index is -0.752. The third kappa shape index (κ3) is 4.09.